The molecule has 9 heteroatoms. The molecule has 0 saturated carbocycles. The second-order valence-electron chi connectivity index (χ2n) is 5.77. The number of nitrogens with two attached hydrogens (primary N) is 1. The lowest BCUT2D eigenvalue weighted by Gasteiger charge is -2.14. The van der Waals surface area contributed by atoms with Crippen LogP contribution in [-0.4, -0.2) is 24.5 Å². The van der Waals surface area contributed by atoms with Crippen molar-refractivity contribution in [3.8, 4) is 0 Å². The number of nitrogens with zero attached hydrogens (tertiary/aromatic N) is 1. The molecule has 1 amide bonds. The summed E-state index contributed by atoms with van der Waals surface area (Å²) in [6, 6.07) is 5.74. The third-order valence-corrected chi connectivity index (χ3v) is 5.27. The zero-order valence-electron chi connectivity index (χ0n) is 13.5. The largest absolute Gasteiger partial charge is 0.344 e. The molecule has 0 radical (unpaired) electrons. The number of amides is 1. The van der Waals surface area contributed by atoms with Crippen molar-refractivity contribution in [3.05, 3.63) is 45.7 Å². The van der Waals surface area contributed by atoms with Crippen molar-refractivity contribution in [3.63, 3.8) is 0 Å². The number of aromatic nitrogens is 2. The third kappa shape index (κ3) is 4.03. The molecular weight excluding hydrogens is 396 g/mol. The van der Waals surface area contributed by atoms with Gasteiger partial charge in [0, 0.05) is 0 Å². The van der Waals surface area contributed by atoms with Gasteiger partial charge in [-0.05, 0) is 46.5 Å². The van der Waals surface area contributed by atoms with Gasteiger partial charge in [0.25, 0.3) is 5.91 Å². The molecule has 0 aliphatic heterocycles. The highest BCUT2D eigenvalue weighted by atomic mass is 79.9. The minimum absolute atomic E-state index is 0.00384. The fraction of sp³-hybridized carbons (Fsp3) is 0.333. The van der Waals surface area contributed by atoms with Crippen LogP contribution in [0.15, 0.2) is 33.6 Å². The summed E-state index contributed by atoms with van der Waals surface area (Å²) in [4.78, 5) is 12.4. The third-order valence-electron chi connectivity index (χ3n) is 3.56. The van der Waals surface area contributed by atoms with Crippen LogP contribution in [0.25, 0.3) is 0 Å². The van der Waals surface area contributed by atoms with Gasteiger partial charge in [0.15, 0.2) is 5.69 Å². The Hall–Kier alpha value is -1.71. The van der Waals surface area contributed by atoms with Crippen molar-refractivity contribution < 1.29 is 13.2 Å². The van der Waals surface area contributed by atoms with Gasteiger partial charge in [0.1, 0.15) is 0 Å². The normalized spacial score (nSPS) is 13.1. The molecule has 0 spiro atoms. The Balaban J connectivity index is 2.21. The number of nitrogens with one attached hydrogen (secondary N) is 2. The van der Waals surface area contributed by atoms with Crippen molar-refractivity contribution in [1.29, 1.82) is 0 Å². The van der Waals surface area contributed by atoms with Crippen LogP contribution in [-0.2, 0) is 10.0 Å². The average Bonchev–Trinajstić information content (AvgIpc) is 2.88. The van der Waals surface area contributed by atoms with Gasteiger partial charge in [-0.25, -0.2) is 13.6 Å². The van der Waals surface area contributed by atoms with Gasteiger partial charge in [0.05, 0.1) is 21.1 Å². The first kappa shape index (κ1) is 18.6. The molecule has 0 bridgehead atoms. The van der Waals surface area contributed by atoms with Crippen molar-refractivity contribution >= 4 is 31.9 Å². The zero-order chi connectivity index (χ0) is 18.1. The SMILES string of the molecule is CC(C)c1[nH]nc(C(=O)NC(C)c2cccc(S(N)(=O)=O)c2)c1Br. The number of hydrogen-bond donors (Lipinski definition) is 3. The van der Waals surface area contributed by atoms with Crippen molar-refractivity contribution in [2.45, 2.75) is 37.6 Å². The smallest absolute Gasteiger partial charge is 0.273 e. The number of benzene rings is 1. The Morgan fingerprint density at radius 1 is 1.33 bits per heavy atom. The summed E-state index contributed by atoms with van der Waals surface area (Å²) in [6.07, 6.45) is 0. The number of carbonyl (C=O) groups excluding carboxylic acids is 1. The van der Waals surface area contributed by atoms with E-state index in [-0.39, 0.29) is 22.4 Å². The predicted octanol–water partition coefficient (Wildman–Crippen LogP) is 2.43. The van der Waals surface area contributed by atoms with E-state index in [0.717, 1.165) is 5.69 Å². The monoisotopic (exact) mass is 414 g/mol. The topological polar surface area (TPSA) is 118 Å². The van der Waals surface area contributed by atoms with Crippen LogP contribution in [0.5, 0.6) is 0 Å². The lowest BCUT2D eigenvalue weighted by Crippen LogP contribution is -2.27. The molecule has 1 heterocycles. The Morgan fingerprint density at radius 3 is 2.54 bits per heavy atom. The van der Waals surface area contributed by atoms with Gasteiger partial charge in [-0.1, -0.05) is 26.0 Å². The quantitative estimate of drug-likeness (QED) is 0.695. The van der Waals surface area contributed by atoms with Crippen LogP contribution in [0.2, 0.25) is 0 Å². The van der Waals surface area contributed by atoms with E-state index in [1.54, 1.807) is 19.1 Å². The van der Waals surface area contributed by atoms with E-state index in [0.29, 0.717) is 10.0 Å². The van der Waals surface area contributed by atoms with Crippen LogP contribution in [0.3, 0.4) is 0 Å². The minimum Gasteiger partial charge on any atom is -0.344 e. The van der Waals surface area contributed by atoms with Crippen molar-refractivity contribution in [2.24, 2.45) is 5.14 Å². The number of rotatable bonds is 5. The fourth-order valence-corrected chi connectivity index (χ4v) is 3.57. The Bertz CT molecular complexity index is 861. The van der Waals surface area contributed by atoms with Gasteiger partial charge in [-0.15, -0.1) is 0 Å². The summed E-state index contributed by atoms with van der Waals surface area (Å²) >= 11 is 3.39. The van der Waals surface area contributed by atoms with Crippen molar-refractivity contribution in [1.82, 2.24) is 15.5 Å². The molecule has 0 saturated heterocycles. The number of sulfonamides is 1. The maximum Gasteiger partial charge on any atom is 0.273 e. The van der Waals surface area contributed by atoms with E-state index < -0.39 is 16.1 Å². The number of halogens is 1. The zero-order valence-corrected chi connectivity index (χ0v) is 15.9. The fourth-order valence-electron chi connectivity index (χ4n) is 2.18. The highest BCUT2D eigenvalue weighted by molar-refractivity contribution is 9.10. The van der Waals surface area contributed by atoms with Gasteiger partial charge in [-0.2, -0.15) is 5.10 Å². The molecule has 2 rings (SSSR count). The number of H-pyrrole nitrogens is 1. The minimum atomic E-state index is -3.79. The number of carbonyl (C=O) groups is 1. The number of primary sulfonamides is 1. The summed E-state index contributed by atoms with van der Waals surface area (Å²) in [5.41, 5.74) is 1.72. The molecule has 2 aromatic rings. The first-order valence-electron chi connectivity index (χ1n) is 7.28. The van der Waals surface area contributed by atoms with Gasteiger partial charge in [-0.3, -0.25) is 9.89 Å². The average molecular weight is 415 g/mol. The van der Waals surface area contributed by atoms with E-state index in [1.165, 1.54) is 12.1 Å². The van der Waals surface area contributed by atoms with E-state index in [4.69, 9.17) is 5.14 Å². The molecule has 7 nitrogen and oxygen atoms in total. The Kier molecular flexibility index (Phi) is 5.46. The molecule has 1 atom stereocenters. The van der Waals surface area contributed by atoms with E-state index in [2.05, 4.69) is 31.4 Å². The van der Waals surface area contributed by atoms with Crippen LogP contribution in [0, 0.1) is 0 Å². The number of hydrogen-bond acceptors (Lipinski definition) is 4. The van der Waals surface area contributed by atoms with Crippen LogP contribution in [0.1, 0.15) is 54.5 Å². The van der Waals surface area contributed by atoms with E-state index in [9.17, 15) is 13.2 Å². The molecular formula is C15H19BrN4O3S. The summed E-state index contributed by atoms with van der Waals surface area (Å²) in [5.74, 6) is -0.171. The van der Waals surface area contributed by atoms with E-state index >= 15 is 0 Å². The van der Waals surface area contributed by atoms with Gasteiger partial charge >= 0.3 is 0 Å². The van der Waals surface area contributed by atoms with Crippen LogP contribution in [0.4, 0.5) is 0 Å². The summed E-state index contributed by atoms with van der Waals surface area (Å²) in [5, 5.41) is 14.8. The summed E-state index contributed by atoms with van der Waals surface area (Å²) < 4.78 is 23.5. The first-order valence-corrected chi connectivity index (χ1v) is 9.62. The predicted molar refractivity (Wildman–Crippen MR) is 94.1 cm³/mol. The molecule has 0 fully saturated rings. The lowest BCUT2D eigenvalue weighted by molar-refractivity contribution is 0.0934. The molecule has 130 valence electrons. The van der Waals surface area contributed by atoms with Crippen LogP contribution < -0.4 is 10.5 Å². The standard InChI is InChI=1S/C15H19BrN4O3S/c1-8(2)13-12(16)14(20-19-13)15(21)18-9(3)10-5-4-6-11(7-10)24(17,22)23/h4-9H,1-3H3,(H,18,21)(H,19,20)(H2,17,22,23). The molecule has 0 aliphatic carbocycles. The molecule has 24 heavy (non-hydrogen) atoms. The Labute approximate surface area is 149 Å². The van der Waals surface area contributed by atoms with Crippen molar-refractivity contribution in [2.75, 3.05) is 0 Å². The van der Waals surface area contributed by atoms with Gasteiger partial charge < -0.3 is 5.32 Å². The second-order valence-corrected chi connectivity index (χ2v) is 8.12. The summed E-state index contributed by atoms with van der Waals surface area (Å²) in [6.45, 7) is 5.73. The highest BCUT2D eigenvalue weighted by Gasteiger charge is 2.21. The Morgan fingerprint density at radius 2 is 2.00 bits per heavy atom. The van der Waals surface area contributed by atoms with E-state index in [1.807, 2.05) is 13.8 Å². The maximum atomic E-state index is 12.4. The molecule has 1 aromatic heterocycles. The summed E-state index contributed by atoms with van der Waals surface area (Å²) in [7, 11) is -3.79. The first-order chi connectivity index (χ1) is 11.1. The molecule has 0 aliphatic rings. The molecule has 1 unspecified atom stereocenters. The molecule has 1 aromatic carbocycles. The molecule has 4 N–H and O–H groups in total. The second kappa shape index (κ2) is 7.04. The highest BCUT2D eigenvalue weighted by Crippen LogP contribution is 2.26. The van der Waals surface area contributed by atoms with Gasteiger partial charge in [0.2, 0.25) is 10.0 Å². The maximum absolute atomic E-state index is 12.4. The van der Waals surface area contributed by atoms with Crippen LogP contribution >= 0.6 is 15.9 Å². The lowest BCUT2D eigenvalue weighted by atomic mass is 10.1. The number of aromatic amines is 1.